The van der Waals surface area contributed by atoms with Crippen molar-refractivity contribution in [2.45, 2.75) is 0 Å². The van der Waals surface area contributed by atoms with E-state index in [1.165, 1.54) is 0 Å². The van der Waals surface area contributed by atoms with E-state index in [4.69, 9.17) is 9.13 Å². The zero-order chi connectivity index (χ0) is 2.71. The van der Waals surface area contributed by atoms with E-state index in [0.717, 1.165) is 0 Å². The SMILES string of the molecule is F.F.F.F.F.F.O=[P]=O. The molecule has 1 radical (unpaired) electrons. The van der Waals surface area contributed by atoms with Crippen LogP contribution in [0.15, 0.2) is 0 Å². The Kier molecular flexibility index (Phi) is 19100. The van der Waals surface area contributed by atoms with Crippen LogP contribution in [-0.4, -0.2) is 0 Å². The van der Waals surface area contributed by atoms with Gasteiger partial charge >= 0.3 is 17.5 Å². The first kappa shape index (κ1) is 192. The summed E-state index contributed by atoms with van der Waals surface area (Å²) in [5.74, 6) is 0. The van der Waals surface area contributed by atoms with Gasteiger partial charge in [0.1, 0.15) is 0 Å². The van der Waals surface area contributed by atoms with Crippen molar-refractivity contribution in [2.75, 3.05) is 0 Å². The first-order valence-electron chi connectivity index (χ1n) is 0.365. The third kappa shape index (κ3) is 1570. The van der Waals surface area contributed by atoms with Gasteiger partial charge in [-0.3, -0.25) is 28.2 Å². The Morgan fingerprint density at radius 3 is 0.556 bits per heavy atom. The summed E-state index contributed by atoms with van der Waals surface area (Å²) in [7, 11) is -1.08. The predicted molar refractivity (Wildman–Crippen MR) is 23.3 cm³/mol. The normalized spacial score (nSPS) is 0.889. The van der Waals surface area contributed by atoms with E-state index in [-0.39, 0.29) is 28.2 Å². The Balaban J connectivity index is -0.00000000133. The van der Waals surface area contributed by atoms with Crippen LogP contribution in [0.25, 0.3) is 0 Å². The molecule has 0 bridgehead atoms. The van der Waals surface area contributed by atoms with Crippen molar-refractivity contribution in [1.82, 2.24) is 0 Å². The first-order valence-corrected chi connectivity index (χ1v) is 1.10. The van der Waals surface area contributed by atoms with Gasteiger partial charge in [0, 0.05) is 0 Å². The van der Waals surface area contributed by atoms with E-state index in [9.17, 15) is 0 Å². The molecule has 0 atom stereocenters. The zero-order valence-corrected chi connectivity index (χ0v) is 4.61. The summed E-state index contributed by atoms with van der Waals surface area (Å²) in [4.78, 5) is 0. The van der Waals surface area contributed by atoms with Crippen molar-refractivity contribution < 1.29 is 37.4 Å². The van der Waals surface area contributed by atoms with Gasteiger partial charge in [-0.25, -0.2) is 0 Å². The van der Waals surface area contributed by atoms with Gasteiger partial charge in [-0.2, -0.15) is 0 Å². The summed E-state index contributed by atoms with van der Waals surface area (Å²) >= 11 is 0. The van der Waals surface area contributed by atoms with Crippen LogP contribution in [0.3, 0.4) is 0 Å². The Hall–Kier alpha value is -0.390. The Bertz CT molecular complexity index is 32.0. The van der Waals surface area contributed by atoms with Crippen molar-refractivity contribution >= 4 is 8.34 Å². The quantitative estimate of drug-likeness (QED) is 0.421. The Labute approximate surface area is 47.1 Å². The minimum atomic E-state index is -1.08. The molecule has 0 heterocycles. The van der Waals surface area contributed by atoms with Gasteiger partial charge in [-0.1, -0.05) is 0 Å². The summed E-state index contributed by atoms with van der Waals surface area (Å²) in [6.07, 6.45) is 0. The van der Waals surface area contributed by atoms with Crippen LogP contribution in [0.4, 0.5) is 28.2 Å². The molecule has 0 aromatic rings. The van der Waals surface area contributed by atoms with E-state index in [0.29, 0.717) is 0 Å². The molecule has 0 fully saturated rings. The molecule has 0 rings (SSSR count). The van der Waals surface area contributed by atoms with Gasteiger partial charge in [0.15, 0.2) is 0 Å². The average molecular weight is 183 g/mol. The van der Waals surface area contributed by atoms with Crippen LogP contribution in [-0.2, 0) is 9.13 Å². The number of hydrogen-bond donors (Lipinski definition) is 0. The fourth-order valence-electron chi connectivity index (χ4n) is 0. The molecular weight excluding hydrogens is 177 g/mol. The molecule has 0 aromatic carbocycles. The van der Waals surface area contributed by atoms with Crippen molar-refractivity contribution in [3.05, 3.63) is 0 Å². The van der Waals surface area contributed by atoms with Crippen molar-refractivity contribution in [1.29, 1.82) is 0 Å². The van der Waals surface area contributed by atoms with Crippen molar-refractivity contribution in [2.24, 2.45) is 0 Å². The van der Waals surface area contributed by atoms with Gasteiger partial charge in [0.2, 0.25) is 0 Å². The molecule has 9 heavy (non-hydrogen) atoms. The van der Waals surface area contributed by atoms with Gasteiger partial charge in [0.25, 0.3) is 0 Å². The fourth-order valence-corrected chi connectivity index (χ4v) is 0. The van der Waals surface area contributed by atoms with Crippen LogP contribution in [0.1, 0.15) is 0 Å². The average Bonchev–Trinajstić information content (AvgIpc) is 0.918. The van der Waals surface area contributed by atoms with Gasteiger partial charge in [0.05, 0.1) is 0 Å². The summed E-state index contributed by atoms with van der Waals surface area (Å²) in [5.41, 5.74) is 0. The van der Waals surface area contributed by atoms with Crippen LogP contribution in [0, 0.1) is 0 Å². The van der Waals surface area contributed by atoms with Gasteiger partial charge in [-0.05, 0) is 0 Å². The molecule has 0 aliphatic carbocycles. The van der Waals surface area contributed by atoms with Gasteiger partial charge in [-0.15, -0.1) is 0 Å². The molecule has 0 amide bonds. The van der Waals surface area contributed by atoms with E-state index >= 15 is 0 Å². The van der Waals surface area contributed by atoms with Crippen LogP contribution in [0.5, 0.6) is 0 Å². The monoisotopic (exact) mass is 183 g/mol. The number of hydrogen-bond acceptors (Lipinski definition) is 2. The summed E-state index contributed by atoms with van der Waals surface area (Å²) in [5, 5.41) is 0. The Morgan fingerprint density at radius 2 is 0.556 bits per heavy atom. The topological polar surface area (TPSA) is 34.1 Å². The maximum atomic E-state index is 8.35. The van der Waals surface area contributed by atoms with Crippen LogP contribution >= 0.6 is 8.34 Å². The number of rotatable bonds is 0. The fraction of sp³-hybridized carbons (Fsp3) is 0. The molecule has 0 aliphatic rings. The molecule has 65 valence electrons. The molecule has 2 nitrogen and oxygen atoms in total. The molecular formula is H6F6O2P. The number of halogens is 6. The van der Waals surface area contributed by atoms with Crippen LogP contribution < -0.4 is 0 Å². The second-order valence-electron chi connectivity index (χ2n) is 0.0745. The molecule has 0 spiro atoms. The minimum absolute atomic E-state index is 0. The standard InChI is InChI=1S/6FH.O2P/c;;;;;;1-3-2/h6*1H;. The van der Waals surface area contributed by atoms with Crippen molar-refractivity contribution in [3.8, 4) is 0 Å². The zero-order valence-electron chi connectivity index (χ0n) is 3.71. The van der Waals surface area contributed by atoms with Crippen LogP contribution in [0.2, 0.25) is 0 Å². The third-order valence-electron chi connectivity index (χ3n) is 0. The van der Waals surface area contributed by atoms with E-state index < -0.39 is 8.34 Å². The molecule has 0 N–H and O–H groups in total. The van der Waals surface area contributed by atoms with E-state index in [2.05, 4.69) is 0 Å². The molecule has 0 aliphatic heterocycles. The predicted octanol–water partition coefficient (Wildman–Crippen LogP) is 1.54. The van der Waals surface area contributed by atoms with Gasteiger partial charge < -0.3 is 0 Å². The molecule has 9 heteroatoms. The Morgan fingerprint density at radius 1 is 0.556 bits per heavy atom. The summed E-state index contributed by atoms with van der Waals surface area (Å²) < 4.78 is 16.7. The van der Waals surface area contributed by atoms with E-state index in [1.807, 2.05) is 0 Å². The summed E-state index contributed by atoms with van der Waals surface area (Å²) in [6.45, 7) is 0. The summed E-state index contributed by atoms with van der Waals surface area (Å²) in [6, 6.07) is 0. The molecule has 0 unspecified atom stereocenters. The second-order valence-corrected chi connectivity index (χ2v) is 0.224. The second kappa shape index (κ2) is 894. The molecule has 0 saturated heterocycles. The third-order valence-corrected chi connectivity index (χ3v) is 0. The van der Waals surface area contributed by atoms with E-state index in [1.54, 1.807) is 0 Å². The van der Waals surface area contributed by atoms with Crippen molar-refractivity contribution in [3.63, 3.8) is 0 Å². The first-order chi connectivity index (χ1) is 1.41. The maximum absolute atomic E-state index is 8.35. The molecule has 0 saturated carbocycles. The molecule has 0 aromatic heterocycles.